The Bertz CT molecular complexity index is 748. The van der Waals surface area contributed by atoms with Gasteiger partial charge in [0.05, 0.1) is 19.7 Å². The van der Waals surface area contributed by atoms with E-state index in [1.54, 1.807) is 12.1 Å². The number of phenols is 1. The van der Waals surface area contributed by atoms with Crippen LogP contribution >= 0.6 is 11.8 Å². The fraction of sp³-hybridized carbons (Fsp3) is 0.750. The van der Waals surface area contributed by atoms with E-state index < -0.39 is 0 Å². The highest BCUT2D eigenvalue weighted by atomic mass is 32.2. The van der Waals surface area contributed by atoms with Gasteiger partial charge in [-0.3, -0.25) is 4.79 Å². The van der Waals surface area contributed by atoms with E-state index in [1.165, 1.54) is 108 Å². The summed E-state index contributed by atoms with van der Waals surface area (Å²) in [5.41, 5.74) is 0. The van der Waals surface area contributed by atoms with Crippen LogP contribution in [0.1, 0.15) is 123 Å². The lowest BCUT2D eigenvalue weighted by atomic mass is 10.0. The van der Waals surface area contributed by atoms with Gasteiger partial charge in [0, 0.05) is 11.8 Å². The molecule has 0 aromatic heterocycles. The predicted octanol–water partition coefficient (Wildman–Crippen LogP) is 7.92. The molecule has 4 N–H and O–H groups in total. The molecule has 8 heteroatoms. The highest BCUT2D eigenvalue weighted by Crippen LogP contribution is 2.22. The van der Waals surface area contributed by atoms with Crippen molar-refractivity contribution in [2.45, 2.75) is 128 Å². The van der Waals surface area contributed by atoms with E-state index in [1.807, 2.05) is 11.8 Å². The summed E-state index contributed by atoms with van der Waals surface area (Å²) >= 11 is 2.03. The largest absolute Gasteiger partial charge is 0.508 e. The van der Waals surface area contributed by atoms with Gasteiger partial charge in [-0.25, -0.2) is 4.79 Å². The summed E-state index contributed by atoms with van der Waals surface area (Å²) in [5.74, 6) is 1.60. The minimum Gasteiger partial charge on any atom is -0.508 e. The van der Waals surface area contributed by atoms with Crippen molar-refractivity contribution in [3.8, 4) is 11.5 Å². The second-order valence-corrected chi connectivity index (χ2v) is 12.0. The molecule has 1 unspecified atom stereocenters. The lowest BCUT2D eigenvalue weighted by molar-refractivity contribution is -0.121. The average molecular weight is 580 g/mol. The monoisotopic (exact) mass is 579 g/mol. The topological polar surface area (TPSA) is 99.7 Å². The molecule has 0 aliphatic rings. The van der Waals surface area contributed by atoms with Crippen LogP contribution in [0.2, 0.25) is 0 Å². The third-order valence-electron chi connectivity index (χ3n) is 7.01. The van der Waals surface area contributed by atoms with Crippen LogP contribution in [0.3, 0.4) is 0 Å². The van der Waals surface area contributed by atoms with E-state index in [9.17, 15) is 14.7 Å². The van der Waals surface area contributed by atoms with Gasteiger partial charge in [0.25, 0.3) is 0 Å². The fourth-order valence-electron chi connectivity index (χ4n) is 4.50. The highest BCUT2D eigenvalue weighted by molar-refractivity contribution is 7.99. The van der Waals surface area contributed by atoms with Crippen LogP contribution in [-0.2, 0) is 4.79 Å². The maximum absolute atomic E-state index is 11.9. The molecule has 1 atom stereocenters. The lowest BCUT2D eigenvalue weighted by Gasteiger charge is -2.14. The number of carbonyl (C=O) groups is 2. The number of unbranched alkanes of at least 4 members (excludes halogenated alkanes) is 12. The molecule has 0 spiro atoms. The number of rotatable bonds is 26. The van der Waals surface area contributed by atoms with E-state index in [0.717, 1.165) is 17.4 Å². The van der Waals surface area contributed by atoms with Gasteiger partial charge in [0.15, 0.2) is 0 Å². The Balaban J connectivity index is 1.89. The molecular formula is C32H57N3O4S. The van der Waals surface area contributed by atoms with Crippen molar-refractivity contribution in [3.63, 3.8) is 0 Å². The highest BCUT2D eigenvalue weighted by Gasteiger charge is 2.07. The van der Waals surface area contributed by atoms with Gasteiger partial charge in [0.2, 0.25) is 5.91 Å². The number of hydrogen-bond acceptors (Lipinski definition) is 5. The Kier molecular flexibility index (Phi) is 23.2. The molecule has 0 saturated carbocycles. The minimum absolute atomic E-state index is 0.0790. The molecule has 1 rings (SSSR count). The molecule has 0 aliphatic heterocycles. The maximum atomic E-state index is 11.9. The number of carbonyl (C=O) groups excluding carboxylic acids is 2. The standard InChI is InChI=1S/C32H57N3O4S/c1-3-5-6-7-8-9-10-11-12-13-14-15-16-18-30(4-2)40-26-17-24-33-32(38)35-27-34-31(37)23-25-39-29-21-19-28(36)20-22-29/h19-22,30,36H,3-18,23-27H2,1-2H3,(H,34,37)(H2,33,35,38). The van der Waals surface area contributed by atoms with Gasteiger partial charge in [-0.15, -0.1) is 0 Å². The first-order chi connectivity index (χ1) is 19.5. The van der Waals surface area contributed by atoms with Crippen molar-refractivity contribution < 1.29 is 19.4 Å². The van der Waals surface area contributed by atoms with Gasteiger partial charge in [-0.2, -0.15) is 11.8 Å². The number of thioether (sulfide) groups is 1. The Hall–Kier alpha value is -2.09. The summed E-state index contributed by atoms with van der Waals surface area (Å²) in [6, 6.07) is 6.06. The van der Waals surface area contributed by atoms with Gasteiger partial charge in [0.1, 0.15) is 11.5 Å². The van der Waals surface area contributed by atoms with Crippen LogP contribution < -0.4 is 20.7 Å². The van der Waals surface area contributed by atoms with Crippen LogP contribution in [0.4, 0.5) is 4.79 Å². The van der Waals surface area contributed by atoms with Crippen molar-refractivity contribution in [1.82, 2.24) is 16.0 Å². The summed E-state index contributed by atoms with van der Waals surface area (Å²) in [7, 11) is 0. The molecule has 0 saturated heterocycles. The number of amides is 3. The zero-order chi connectivity index (χ0) is 29.1. The lowest BCUT2D eigenvalue weighted by Crippen LogP contribution is -2.43. The third-order valence-corrected chi connectivity index (χ3v) is 8.58. The molecule has 40 heavy (non-hydrogen) atoms. The molecule has 3 amide bonds. The van der Waals surface area contributed by atoms with Crippen molar-refractivity contribution in [2.75, 3.05) is 25.6 Å². The molecule has 0 heterocycles. The Morgan fingerprint density at radius 3 is 2.00 bits per heavy atom. The van der Waals surface area contributed by atoms with E-state index in [-0.39, 0.29) is 37.4 Å². The first kappa shape index (κ1) is 35.9. The van der Waals surface area contributed by atoms with Gasteiger partial charge >= 0.3 is 6.03 Å². The van der Waals surface area contributed by atoms with Crippen LogP contribution in [0.15, 0.2) is 24.3 Å². The van der Waals surface area contributed by atoms with Crippen LogP contribution in [0.5, 0.6) is 11.5 Å². The summed E-state index contributed by atoms with van der Waals surface area (Å²) < 4.78 is 5.45. The Labute approximate surface area is 248 Å². The van der Waals surface area contributed by atoms with Crippen molar-refractivity contribution in [1.29, 1.82) is 0 Å². The smallest absolute Gasteiger partial charge is 0.316 e. The molecular weight excluding hydrogens is 522 g/mol. The quantitative estimate of drug-likeness (QED) is 0.0660. The Morgan fingerprint density at radius 2 is 1.40 bits per heavy atom. The number of phenolic OH excluding ortho intramolecular Hbond substituents is 1. The molecule has 1 aromatic rings. The van der Waals surface area contributed by atoms with Crippen molar-refractivity contribution >= 4 is 23.7 Å². The van der Waals surface area contributed by atoms with E-state index >= 15 is 0 Å². The first-order valence-corrected chi connectivity index (χ1v) is 16.9. The molecule has 230 valence electrons. The zero-order valence-electron chi connectivity index (χ0n) is 25.3. The van der Waals surface area contributed by atoms with E-state index in [0.29, 0.717) is 12.3 Å². The van der Waals surface area contributed by atoms with Crippen LogP contribution in [0.25, 0.3) is 0 Å². The van der Waals surface area contributed by atoms with Crippen molar-refractivity contribution in [2.24, 2.45) is 0 Å². The second kappa shape index (κ2) is 25.8. The van der Waals surface area contributed by atoms with Gasteiger partial charge in [-0.05, 0) is 49.3 Å². The van der Waals surface area contributed by atoms with Gasteiger partial charge < -0.3 is 25.8 Å². The fourth-order valence-corrected chi connectivity index (χ4v) is 5.71. The maximum Gasteiger partial charge on any atom is 0.316 e. The second-order valence-electron chi connectivity index (χ2n) is 10.6. The molecule has 7 nitrogen and oxygen atoms in total. The predicted molar refractivity (Wildman–Crippen MR) is 169 cm³/mol. The first-order valence-electron chi connectivity index (χ1n) is 15.9. The average Bonchev–Trinajstić information content (AvgIpc) is 2.95. The third kappa shape index (κ3) is 21.7. The minimum atomic E-state index is -0.273. The molecule has 0 bridgehead atoms. The zero-order valence-corrected chi connectivity index (χ0v) is 26.1. The van der Waals surface area contributed by atoms with Crippen LogP contribution in [0, 0.1) is 0 Å². The number of benzene rings is 1. The number of hydrogen-bond donors (Lipinski definition) is 4. The SMILES string of the molecule is CCCCCCCCCCCCCCCC(CC)SCCCNC(=O)NCNC(=O)CCOc1ccc(O)cc1. The van der Waals surface area contributed by atoms with Crippen molar-refractivity contribution in [3.05, 3.63) is 24.3 Å². The molecule has 0 aliphatic carbocycles. The normalized spacial score (nSPS) is 11.7. The number of urea groups is 1. The molecule has 0 fully saturated rings. The Morgan fingerprint density at radius 1 is 0.800 bits per heavy atom. The summed E-state index contributed by atoms with van der Waals surface area (Å²) in [6.07, 6.45) is 21.8. The number of nitrogens with one attached hydrogen (secondary N) is 3. The molecule has 0 radical (unpaired) electrons. The summed E-state index contributed by atoms with van der Waals surface area (Å²) in [6.45, 7) is 5.48. The summed E-state index contributed by atoms with van der Waals surface area (Å²) in [4.78, 5) is 23.8. The van der Waals surface area contributed by atoms with Gasteiger partial charge in [-0.1, -0.05) is 97.3 Å². The number of ether oxygens (including phenoxy) is 1. The van der Waals surface area contributed by atoms with E-state index in [4.69, 9.17) is 4.74 Å². The van der Waals surface area contributed by atoms with E-state index in [2.05, 4.69) is 29.8 Å². The number of aromatic hydroxyl groups is 1. The summed E-state index contributed by atoms with van der Waals surface area (Å²) in [5, 5.41) is 18.1. The molecule has 1 aromatic carbocycles. The van der Waals surface area contributed by atoms with Crippen LogP contribution in [-0.4, -0.2) is 47.9 Å².